The van der Waals surface area contributed by atoms with Crippen LogP contribution in [0.4, 0.5) is 15.2 Å². The zero-order chi connectivity index (χ0) is 26.6. The summed E-state index contributed by atoms with van der Waals surface area (Å²) in [6, 6.07) is 4.10. The number of nitrogens with one attached hydrogen (secondary N) is 2. The van der Waals surface area contributed by atoms with Crippen molar-refractivity contribution in [2.45, 2.75) is 55.0 Å². The third kappa shape index (κ3) is 6.98. The van der Waals surface area contributed by atoms with Crippen LogP contribution in [0, 0.1) is 5.82 Å². The quantitative estimate of drug-likeness (QED) is 0.278. The van der Waals surface area contributed by atoms with Crippen LogP contribution in [0.2, 0.25) is 0 Å². The van der Waals surface area contributed by atoms with Crippen molar-refractivity contribution in [1.29, 1.82) is 0 Å². The Morgan fingerprint density at radius 2 is 2.14 bits per heavy atom. The summed E-state index contributed by atoms with van der Waals surface area (Å²) in [6.45, 7) is 10.7. The fourth-order valence-corrected chi connectivity index (χ4v) is 5.62. The van der Waals surface area contributed by atoms with E-state index in [9.17, 15) is 14.0 Å². The van der Waals surface area contributed by atoms with Gasteiger partial charge in [0.2, 0.25) is 11.8 Å². The minimum atomic E-state index is -0.667. The highest BCUT2D eigenvalue weighted by molar-refractivity contribution is 8.00. The lowest BCUT2D eigenvalue weighted by molar-refractivity contribution is -0.111. The van der Waals surface area contributed by atoms with Gasteiger partial charge in [0.15, 0.2) is 5.13 Å². The van der Waals surface area contributed by atoms with Crippen LogP contribution in [0.1, 0.15) is 55.6 Å². The maximum Gasteiger partial charge on any atom is 0.254 e. The van der Waals surface area contributed by atoms with Gasteiger partial charge in [-0.15, -0.1) is 11.8 Å². The number of thiazole rings is 1. The van der Waals surface area contributed by atoms with Crippen LogP contribution in [0.15, 0.2) is 51.9 Å². The van der Waals surface area contributed by atoms with E-state index in [2.05, 4.69) is 48.0 Å². The summed E-state index contributed by atoms with van der Waals surface area (Å²) >= 11 is 3.17. The number of carbonyl (C=O) groups excluding carboxylic acids is 2. The zero-order valence-electron chi connectivity index (χ0n) is 21.0. The van der Waals surface area contributed by atoms with Crippen LogP contribution in [0.25, 0.3) is 0 Å². The molecule has 37 heavy (non-hydrogen) atoms. The van der Waals surface area contributed by atoms with E-state index in [4.69, 9.17) is 4.42 Å². The summed E-state index contributed by atoms with van der Waals surface area (Å²) in [6.07, 6.45) is 6.40. The van der Waals surface area contributed by atoms with Gasteiger partial charge in [-0.1, -0.05) is 38.7 Å². The molecule has 1 aliphatic heterocycles. The van der Waals surface area contributed by atoms with Crippen molar-refractivity contribution >= 4 is 45.7 Å². The van der Waals surface area contributed by atoms with Gasteiger partial charge in [0.1, 0.15) is 11.6 Å². The number of aromatic nitrogens is 2. The van der Waals surface area contributed by atoms with Gasteiger partial charge < -0.3 is 20.0 Å². The SMILES string of the molecule is C=CC(=O)Nc1ccc(C(=O)N2CCCC(Nc3ncc(SCc4ncc(C(C)(C)C)o4)s3)C2)cc1F. The number of carbonyl (C=O) groups is 2. The van der Waals surface area contributed by atoms with E-state index in [0.29, 0.717) is 24.7 Å². The number of amides is 2. The third-order valence-corrected chi connectivity index (χ3v) is 7.92. The second-order valence-corrected chi connectivity index (χ2v) is 12.1. The fraction of sp³-hybridized carbons (Fsp3) is 0.385. The standard InChI is InChI=1S/C26H30FN5O3S2/c1-5-21(33)31-19-9-8-16(11-18(19)27)24(34)32-10-6-7-17(14-32)30-25-29-13-23(37-25)36-15-22-28-12-20(35-22)26(2,3)4/h5,8-9,11-13,17H,1,6-7,10,14-15H2,2-4H3,(H,29,30)(H,31,33). The van der Waals surface area contributed by atoms with Gasteiger partial charge in [-0.3, -0.25) is 9.59 Å². The van der Waals surface area contributed by atoms with Gasteiger partial charge in [0, 0.05) is 30.1 Å². The normalized spacial score (nSPS) is 15.9. The molecule has 3 heterocycles. The molecule has 2 amide bonds. The summed E-state index contributed by atoms with van der Waals surface area (Å²) in [7, 11) is 0. The molecule has 1 saturated heterocycles. The van der Waals surface area contributed by atoms with Crippen LogP contribution in [0.5, 0.6) is 0 Å². The molecule has 0 radical (unpaired) electrons. The first-order valence-corrected chi connectivity index (χ1v) is 13.7. The number of hydrogen-bond donors (Lipinski definition) is 2. The summed E-state index contributed by atoms with van der Waals surface area (Å²) < 4.78 is 21.3. The van der Waals surface area contributed by atoms with E-state index in [-0.39, 0.29) is 28.6 Å². The first-order chi connectivity index (χ1) is 17.6. The van der Waals surface area contributed by atoms with Gasteiger partial charge in [0.05, 0.1) is 28.0 Å². The van der Waals surface area contributed by atoms with Crippen LogP contribution in [-0.2, 0) is 16.0 Å². The number of benzene rings is 1. The highest BCUT2D eigenvalue weighted by Gasteiger charge is 2.26. The molecule has 0 spiro atoms. The molecule has 0 aliphatic carbocycles. The van der Waals surface area contributed by atoms with Gasteiger partial charge in [-0.25, -0.2) is 14.4 Å². The Hall–Kier alpha value is -3.18. The number of oxazole rings is 1. The van der Waals surface area contributed by atoms with Crippen molar-refractivity contribution < 1.29 is 18.4 Å². The number of hydrogen-bond acceptors (Lipinski definition) is 8. The van der Waals surface area contributed by atoms with E-state index in [1.807, 2.05) is 6.20 Å². The van der Waals surface area contributed by atoms with Gasteiger partial charge in [0.25, 0.3) is 5.91 Å². The Balaban J connectivity index is 1.31. The van der Waals surface area contributed by atoms with Crippen molar-refractivity contribution in [2.75, 3.05) is 23.7 Å². The molecule has 196 valence electrons. The summed E-state index contributed by atoms with van der Waals surface area (Å²) in [5.74, 6) is 0.744. The molecule has 1 atom stereocenters. The van der Waals surface area contributed by atoms with Gasteiger partial charge in [-0.05, 0) is 37.1 Å². The van der Waals surface area contributed by atoms with Gasteiger partial charge >= 0.3 is 0 Å². The van der Waals surface area contributed by atoms with E-state index in [1.165, 1.54) is 12.1 Å². The van der Waals surface area contributed by atoms with Crippen molar-refractivity contribution in [1.82, 2.24) is 14.9 Å². The Kier molecular flexibility index (Phi) is 8.33. The van der Waals surface area contributed by atoms with Crippen molar-refractivity contribution in [3.05, 3.63) is 66.3 Å². The minimum Gasteiger partial charge on any atom is -0.444 e. The number of likely N-dealkylation sites (tertiary alicyclic amines) is 1. The Morgan fingerprint density at radius 1 is 1.32 bits per heavy atom. The number of anilines is 2. The number of halogens is 1. The molecule has 1 fully saturated rings. The van der Waals surface area contributed by atoms with E-state index >= 15 is 0 Å². The molecular formula is C26H30FN5O3S2. The first kappa shape index (κ1) is 26.9. The lowest BCUT2D eigenvalue weighted by Gasteiger charge is -2.33. The number of rotatable bonds is 8. The predicted octanol–water partition coefficient (Wildman–Crippen LogP) is 5.70. The fourth-order valence-electron chi connectivity index (χ4n) is 3.82. The lowest BCUT2D eigenvalue weighted by atomic mass is 9.94. The average molecular weight is 544 g/mol. The first-order valence-electron chi connectivity index (χ1n) is 11.9. The molecule has 1 unspecified atom stereocenters. The summed E-state index contributed by atoms with van der Waals surface area (Å²) in [5.41, 5.74) is 0.173. The van der Waals surface area contributed by atoms with Crippen LogP contribution in [-0.4, -0.2) is 45.8 Å². The van der Waals surface area contributed by atoms with E-state index < -0.39 is 11.7 Å². The molecule has 2 aromatic heterocycles. The molecule has 2 N–H and O–H groups in total. The van der Waals surface area contributed by atoms with Crippen molar-refractivity contribution in [2.24, 2.45) is 0 Å². The molecule has 0 saturated carbocycles. The largest absolute Gasteiger partial charge is 0.444 e. The number of nitrogens with zero attached hydrogens (tertiary/aromatic N) is 3. The van der Waals surface area contributed by atoms with Crippen LogP contribution < -0.4 is 10.6 Å². The van der Waals surface area contributed by atoms with E-state index in [1.54, 1.807) is 34.2 Å². The maximum absolute atomic E-state index is 14.4. The Morgan fingerprint density at radius 3 is 2.84 bits per heavy atom. The Labute approximate surface area is 223 Å². The zero-order valence-corrected chi connectivity index (χ0v) is 22.7. The monoisotopic (exact) mass is 543 g/mol. The maximum atomic E-state index is 14.4. The van der Waals surface area contributed by atoms with E-state index in [0.717, 1.165) is 40.1 Å². The topological polar surface area (TPSA) is 100 Å². The molecule has 11 heteroatoms. The molecule has 4 rings (SSSR count). The van der Waals surface area contributed by atoms with Crippen LogP contribution in [0.3, 0.4) is 0 Å². The predicted molar refractivity (Wildman–Crippen MR) is 145 cm³/mol. The van der Waals surface area contributed by atoms with Gasteiger partial charge in [-0.2, -0.15) is 0 Å². The Bertz CT molecular complexity index is 1280. The lowest BCUT2D eigenvalue weighted by Crippen LogP contribution is -2.45. The molecular weight excluding hydrogens is 513 g/mol. The summed E-state index contributed by atoms with van der Waals surface area (Å²) in [4.78, 5) is 35.0. The number of piperidine rings is 1. The third-order valence-electron chi connectivity index (χ3n) is 5.81. The molecule has 0 bridgehead atoms. The minimum absolute atomic E-state index is 0.00884. The summed E-state index contributed by atoms with van der Waals surface area (Å²) in [5, 5.41) is 6.61. The highest BCUT2D eigenvalue weighted by Crippen LogP contribution is 2.32. The number of thioether (sulfide) groups is 1. The molecule has 8 nitrogen and oxygen atoms in total. The second kappa shape index (κ2) is 11.5. The highest BCUT2D eigenvalue weighted by atomic mass is 32.2. The van der Waals surface area contributed by atoms with Crippen molar-refractivity contribution in [3.8, 4) is 0 Å². The molecule has 1 aliphatic rings. The second-order valence-electron chi connectivity index (χ2n) is 9.76. The van der Waals surface area contributed by atoms with Crippen molar-refractivity contribution in [3.63, 3.8) is 0 Å². The molecule has 1 aromatic carbocycles. The van der Waals surface area contributed by atoms with Crippen LogP contribution >= 0.6 is 23.1 Å². The smallest absolute Gasteiger partial charge is 0.254 e. The molecule has 3 aromatic rings. The average Bonchev–Trinajstić information content (AvgIpc) is 3.53.